The van der Waals surface area contributed by atoms with Crippen molar-refractivity contribution in [3.05, 3.63) is 105 Å². The number of rotatable bonds is 13. The number of nitrogens with zero attached hydrogens (tertiary/aromatic N) is 5. The van der Waals surface area contributed by atoms with Crippen LogP contribution in [0.25, 0.3) is 5.69 Å². The number of hydrogen-bond acceptors (Lipinski definition) is 9. The highest BCUT2D eigenvalue weighted by Gasteiger charge is 2.25. The molecule has 1 fully saturated rings. The van der Waals surface area contributed by atoms with Gasteiger partial charge in [-0.05, 0) is 82.4 Å². The van der Waals surface area contributed by atoms with E-state index in [1.807, 2.05) is 19.0 Å². The van der Waals surface area contributed by atoms with Crippen molar-refractivity contribution in [2.45, 2.75) is 25.7 Å². The molecular formula is C32H35F2N7O5. The summed E-state index contributed by atoms with van der Waals surface area (Å²) >= 11 is 0. The standard InChI is InChI=1S/C32H35F2N7O5/c1-38(2)14-15-39(3)31(44)37-28-17-24(12-13-35-28)46-27-11-8-22(16-26(27)34)36-29(42)25-19-40(18-20-4-5-20)32(45)41(30(25)43)23-9-6-21(33)7-10-23/h6-13,16-17,19-20,31,44H,4-5,14-15,18H2,1-3H3,(H,35,37)(H,36,42). The van der Waals surface area contributed by atoms with Crippen LogP contribution in [-0.2, 0) is 6.54 Å². The fourth-order valence-electron chi connectivity index (χ4n) is 4.55. The SMILES string of the molecule is CN(C)CCN(C)C(O)Nc1cc(Oc2ccc(NC(=O)c3cn(CC4CC4)c(=O)n(-c4ccc(F)cc4)c3=O)cc2F)ccn1. The Labute approximate surface area is 263 Å². The zero-order chi connectivity index (χ0) is 33.0. The molecular weight excluding hydrogens is 600 g/mol. The first kappa shape index (κ1) is 32.5. The van der Waals surface area contributed by atoms with Crippen LogP contribution >= 0.6 is 0 Å². The summed E-state index contributed by atoms with van der Waals surface area (Å²) in [6.07, 6.45) is 3.47. The summed E-state index contributed by atoms with van der Waals surface area (Å²) in [4.78, 5) is 47.6. The number of nitrogens with one attached hydrogen (secondary N) is 2. The van der Waals surface area contributed by atoms with Gasteiger partial charge in [-0.2, -0.15) is 0 Å². The third-order valence-corrected chi connectivity index (χ3v) is 7.38. The zero-order valence-corrected chi connectivity index (χ0v) is 25.6. The summed E-state index contributed by atoms with van der Waals surface area (Å²) in [6.45, 7) is 1.66. The number of aliphatic hydroxyl groups excluding tert-OH is 1. The van der Waals surface area contributed by atoms with Gasteiger partial charge in [0.05, 0.1) is 5.69 Å². The average molecular weight is 636 g/mol. The van der Waals surface area contributed by atoms with Gasteiger partial charge in [-0.15, -0.1) is 0 Å². The molecule has 5 rings (SSSR count). The van der Waals surface area contributed by atoms with Crippen molar-refractivity contribution in [3.8, 4) is 17.2 Å². The predicted octanol–water partition coefficient (Wildman–Crippen LogP) is 3.31. The third-order valence-electron chi connectivity index (χ3n) is 7.38. The van der Waals surface area contributed by atoms with Crippen LogP contribution in [0.4, 0.5) is 20.3 Å². The second-order valence-electron chi connectivity index (χ2n) is 11.4. The van der Waals surface area contributed by atoms with Gasteiger partial charge in [-0.25, -0.2) is 23.1 Å². The number of pyridine rings is 1. The molecule has 0 aliphatic heterocycles. The Morgan fingerprint density at radius 3 is 2.48 bits per heavy atom. The van der Waals surface area contributed by atoms with Gasteiger partial charge in [0, 0.05) is 49.8 Å². The van der Waals surface area contributed by atoms with Gasteiger partial charge in [0.1, 0.15) is 22.9 Å². The average Bonchev–Trinajstić information content (AvgIpc) is 3.84. The summed E-state index contributed by atoms with van der Waals surface area (Å²) < 4.78 is 36.5. The first-order valence-corrected chi connectivity index (χ1v) is 14.7. The fourth-order valence-corrected chi connectivity index (χ4v) is 4.55. The first-order chi connectivity index (χ1) is 22.0. The van der Waals surface area contributed by atoms with E-state index in [9.17, 15) is 23.9 Å². The maximum Gasteiger partial charge on any atom is 0.335 e. The molecule has 0 radical (unpaired) electrons. The topological polar surface area (TPSA) is 134 Å². The van der Waals surface area contributed by atoms with Gasteiger partial charge in [0.15, 0.2) is 17.9 Å². The number of halogens is 2. The monoisotopic (exact) mass is 635 g/mol. The molecule has 242 valence electrons. The lowest BCUT2D eigenvalue weighted by atomic mass is 10.2. The minimum absolute atomic E-state index is 0.0449. The van der Waals surface area contributed by atoms with Crippen molar-refractivity contribution in [2.24, 2.45) is 5.92 Å². The summed E-state index contributed by atoms with van der Waals surface area (Å²) in [6, 6.07) is 11.6. The van der Waals surface area contributed by atoms with Crippen LogP contribution in [0.2, 0.25) is 0 Å². The van der Waals surface area contributed by atoms with E-state index in [2.05, 4.69) is 15.6 Å². The fraction of sp³-hybridized carbons (Fsp3) is 0.312. The Balaban J connectivity index is 1.31. The van der Waals surface area contributed by atoms with Crippen molar-refractivity contribution in [1.82, 2.24) is 23.9 Å². The molecule has 1 saturated carbocycles. The summed E-state index contributed by atoms with van der Waals surface area (Å²) in [7, 11) is 5.62. The molecule has 1 unspecified atom stereocenters. The molecule has 2 aromatic heterocycles. The van der Waals surface area contributed by atoms with Crippen LogP contribution in [0.1, 0.15) is 23.2 Å². The molecule has 1 aliphatic rings. The molecule has 2 aromatic carbocycles. The molecule has 3 N–H and O–H groups in total. The second kappa shape index (κ2) is 14.0. The van der Waals surface area contributed by atoms with E-state index in [0.29, 0.717) is 18.9 Å². The first-order valence-electron chi connectivity index (χ1n) is 14.7. The van der Waals surface area contributed by atoms with E-state index in [-0.39, 0.29) is 34.4 Å². The number of hydrogen-bond donors (Lipinski definition) is 3. The Hall–Kier alpha value is -4.92. The van der Waals surface area contributed by atoms with Gasteiger partial charge in [-0.1, -0.05) is 0 Å². The molecule has 14 heteroatoms. The van der Waals surface area contributed by atoms with E-state index in [4.69, 9.17) is 4.74 Å². The quantitative estimate of drug-likeness (QED) is 0.189. The van der Waals surface area contributed by atoms with Gasteiger partial charge in [0.25, 0.3) is 11.5 Å². The Bertz CT molecular complexity index is 1820. The van der Waals surface area contributed by atoms with Crippen molar-refractivity contribution in [1.29, 1.82) is 0 Å². The molecule has 46 heavy (non-hydrogen) atoms. The molecule has 0 spiro atoms. The third kappa shape index (κ3) is 8.02. The predicted molar refractivity (Wildman–Crippen MR) is 168 cm³/mol. The van der Waals surface area contributed by atoms with Crippen LogP contribution in [0, 0.1) is 17.6 Å². The lowest BCUT2D eigenvalue weighted by Crippen LogP contribution is -2.42. The number of aliphatic hydroxyl groups is 1. The number of carbonyl (C=O) groups excluding carboxylic acids is 1. The summed E-state index contributed by atoms with van der Waals surface area (Å²) in [5.74, 6) is -1.53. The Kier molecular flexibility index (Phi) is 9.90. The summed E-state index contributed by atoms with van der Waals surface area (Å²) in [5.41, 5.74) is -1.71. The molecule has 1 atom stereocenters. The molecule has 2 heterocycles. The van der Waals surface area contributed by atoms with Crippen molar-refractivity contribution in [2.75, 3.05) is 44.9 Å². The molecule has 0 saturated heterocycles. The van der Waals surface area contributed by atoms with E-state index >= 15 is 4.39 Å². The largest absolute Gasteiger partial charge is 0.454 e. The number of benzene rings is 2. The molecule has 1 aliphatic carbocycles. The maximum atomic E-state index is 15.1. The van der Waals surface area contributed by atoms with E-state index in [1.54, 1.807) is 11.9 Å². The number of carbonyl (C=O) groups is 1. The number of anilines is 2. The molecule has 0 bridgehead atoms. The zero-order valence-electron chi connectivity index (χ0n) is 25.6. The van der Waals surface area contributed by atoms with Gasteiger partial charge >= 0.3 is 5.69 Å². The number of aromatic nitrogens is 3. The van der Waals surface area contributed by atoms with Crippen LogP contribution in [-0.4, -0.2) is 75.5 Å². The van der Waals surface area contributed by atoms with E-state index in [0.717, 1.165) is 42.2 Å². The van der Waals surface area contributed by atoms with Crippen LogP contribution in [0.5, 0.6) is 11.5 Å². The Morgan fingerprint density at radius 2 is 1.80 bits per heavy atom. The van der Waals surface area contributed by atoms with Crippen LogP contribution in [0.3, 0.4) is 0 Å². The lowest BCUT2D eigenvalue weighted by Gasteiger charge is -2.25. The second-order valence-corrected chi connectivity index (χ2v) is 11.4. The maximum absolute atomic E-state index is 15.1. The highest BCUT2D eigenvalue weighted by molar-refractivity contribution is 6.03. The van der Waals surface area contributed by atoms with Crippen LogP contribution < -0.4 is 26.6 Å². The number of ether oxygens (including phenoxy) is 1. The minimum Gasteiger partial charge on any atom is -0.454 e. The normalized spacial score (nSPS) is 13.6. The van der Waals surface area contributed by atoms with Crippen molar-refractivity contribution >= 4 is 17.4 Å². The van der Waals surface area contributed by atoms with Crippen molar-refractivity contribution in [3.63, 3.8) is 0 Å². The highest BCUT2D eigenvalue weighted by Crippen LogP contribution is 2.30. The van der Waals surface area contributed by atoms with Gasteiger partial charge in [0.2, 0.25) is 0 Å². The van der Waals surface area contributed by atoms with Gasteiger partial charge in [-0.3, -0.25) is 19.1 Å². The van der Waals surface area contributed by atoms with Gasteiger partial charge < -0.3 is 25.4 Å². The Morgan fingerprint density at radius 1 is 1.07 bits per heavy atom. The minimum atomic E-state index is -1.02. The smallest absolute Gasteiger partial charge is 0.335 e. The van der Waals surface area contributed by atoms with Crippen LogP contribution in [0.15, 0.2) is 76.6 Å². The van der Waals surface area contributed by atoms with E-state index < -0.39 is 35.1 Å². The lowest BCUT2D eigenvalue weighted by molar-refractivity contribution is 0.0420. The number of likely N-dealkylation sites (N-methyl/N-ethyl adjacent to an activating group) is 2. The van der Waals surface area contributed by atoms with E-state index in [1.165, 1.54) is 53.4 Å². The number of amides is 1. The molecule has 4 aromatic rings. The van der Waals surface area contributed by atoms with Crippen molar-refractivity contribution < 1.29 is 23.4 Å². The highest BCUT2D eigenvalue weighted by atomic mass is 19.1. The molecule has 12 nitrogen and oxygen atoms in total. The summed E-state index contributed by atoms with van der Waals surface area (Å²) in [5, 5.41) is 15.8. The molecule has 1 amide bonds.